The van der Waals surface area contributed by atoms with Crippen LogP contribution in [0.2, 0.25) is 0 Å². The molecule has 3 rings (SSSR count). The van der Waals surface area contributed by atoms with Gasteiger partial charge in [0.05, 0.1) is 12.3 Å². The Kier molecular flexibility index (Phi) is 5.51. The number of ether oxygens (including phenoxy) is 1. The number of nitrogens with zero attached hydrogens (tertiary/aromatic N) is 1. The maximum Gasteiger partial charge on any atom is 0.220 e. The summed E-state index contributed by atoms with van der Waals surface area (Å²) in [6.07, 6.45) is 8.14. The highest BCUT2D eigenvalue weighted by molar-refractivity contribution is 5.76. The van der Waals surface area contributed by atoms with Crippen LogP contribution in [-0.4, -0.2) is 22.2 Å². The number of H-pyrrole nitrogens is 1. The molecule has 1 aromatic heterocycles. The normalized spacial score (nSPS) is 14.7. The molecular formula is C19H25N3O2. The van der Waals surface area contributed by atoms with Gasteiger partial charge in [0.2, 0.25) is 5.91 Å². The largest absolute Gasteiger partial charge is 0.490 e. The lowest BCUT2D eigenvalue weighted by atomic mass is 10.1. The van der Waals surface area contributed by atoms with Crippen molar-refractivity contribution in [1.29, 1.82) is 0 Å². The van der Waals surface area contributed by atoms with E-state index < -0.39 is 0 Å². The molecule has 1 aliphatic carbocycles. The van der Waals surface area contributed by atoms with Crippen molar-refractivity contribution in [1.82, 2.24) is 15.5 Å². The summed E-state index contributed by atoms with van der Waals surface area (Å²) < 4.78 is 6.02. The van der Waals surface area contributed by atoms with Crippen LogP contribution in [0.4, 0.5) is 0 Å². The van der Waals surface area contributed by atoms with E-state index in [-0.39, 0.29) is 5.91 Å². The Labute approximate surface area is 142 Å². The average molecular weight is 327 g/mol. The number of rotatable bonds is 7. The first kappa shape index (κ1) is 16.6. The van der Waals surface area contributed by atoms with Crippen molar-refractivity contribution in [3.8, 4) is 5.75 Å². The molecule has 0 saturated heterocycles. The van der Waals surface area contributed by atoms with E-state index in [2.05, 4.69) is 27.6 Å². The number of aromatic nitrogens is 2. The molecule has 0 spiro atoms. The summed E-state index contributed by atoms with van der Waals surface area (Å²) in [5, 5.41) is 9.76. The van der Waals surface area contributed by atoms with Crippen molar-refractivity contribution in [2.24, 2.45) is 0 Å². The van der Waals surface area contributed by atoms with Crippen LogP contribution in [-0.2, 0) is 17.8 Å². The fraction of sp³-hybridized carbons (Fsp3) is 0.474. The third kappa shape index (κ3) is 4.60. The lowest BCUT2D eigenvalue weighted by Gasteiger charge is -2.13. The van der Waals surface area contributed by atoms with Crippen LogP contribution in [0.5, 0.6) is 5.75 Å². The highest BCUT2D eigenvalue weighted by atomic mass is 16.5. The first-order valence-electron chi connectivity index (χ1n) is 8.72. The summed E-state index contributed by atoms with van der Waals surface area (Å²) in [6, 6.07) is 8.12. The molecule has 1 aliphatic rings. The molecule has 1 saturated carbocycles. The van der Waals surface area contributed by atoms with Crippen molar-refractivity contribution < 1.29 is 9.53 Å². The van der Waals surface area contributed by atoms with Crippen LogP contribution in [0.3, 0.4) is 0 Å². The number of hydrogen-bond donors (Lipinski definition) is 2. The Hall–Kier alpha value is -2.30. The summed E-state index contributed by atoms with van der Waals surface area (Å²) in [4.78, 5) is 12.0. The Morgan fingerprint density at radius 1 is 1.38 bits per heavy atom. The van der Waals surface area contributed by atoms with Crippen LogP contribution in [0.25, 0.3) is 0 Å². The van der Waals surface area contributed by atoms with Gasteiger partial charge in [0.15, 0.2) is 0 Å². The fourth-order valence-electron chi connectivity index (χ4n) is 3.07. The highest BCUT2D eigenvalue weighted by Gasteiger charge is 2.16. The van der Waals surface area contributed by atoms with Crippen molar-refractivity contribution in [2.45, 2.75) is 58.1 Å². The smallest absolute Gasteiger partial charge is 0.220 e. The predicted octanol–water partition coefficient (Wildman–Crippen LogP) is 3.29. The van der Waals surface area contributed by atoms with E-state index in [4.69, 9.17) is 4.74 Å². The fourth-order valence-corrected chi connectivity index (χ4v) is 3.07. The summed E-state index contributed by atoms with van der Waals surface area (Å²) in [5.41, 5.74) is 3.16. The Balaban J connectivity index is 1.45. The molecule has 0 aliphatic heterocycles. The number of nitrogens with one attached hydrogen (secondary N) is 2. The van der Waals surface area contributed by atoms with Crippen molar-refractivity contribution >= 4 is 5.91 Å². The van der Waals surface area contributed by atoms with Gasteiger partial charge in [-0.1, -0.05) is 12.1 Å². The van der Waals surface area contributed by atoms with Crippen molar-refractivity contribution in [3.05, 3.63) is 47.3 Å². The second-order valence-corrected chi connectivity index (χ2v) is 6.47. The zero-order valence-electron chi connectivity index (χ0n) is 14.2. The van der Waals surface area contributed by atoms with Crippen molar-refractivity contribution in [3.63, 3.8) is 0 Å². The number of hydrogen-bond acceptors (Lipinski definition) is 3. The van der Waals surface area contributed by atoms with Gasteiger partial charge >= 0.3 is 0 Å². The topological polar surface area (TPSA) is 67.0 Å². The molecule has 0 atom stereocenters. The Morgan fingerprint density at radius 3 is 2.96 bits per heavy atom. The summed E-state index contributed by atoms with van der Waals surface area (Å²) >= 11 is 0. The number of aryl methyl sites for hydroxylation is 2. The lowest BCUT2D eigenvalue weighted by Crippen LogP contribution is -2.23. The molecule has 2 N–H and O–H groups in total. The van der Waals surface area contributed by atoms with Gasteiger partial charge in [0.1, 0.15) is 5.75 Å². The SMILES string of the molecule is Cc1[nH]ncc1CNC(=O)CCc1cccc(OC2CCCC2)c1. The Bertz CT molecular complexity index is 675. The minimum absolute atomic E-state index is 0.0534. The summed E-state index contributed by atoms with van der Waals surface area (Å²) in [5.74, 6) is 0.978. The molecule has 1 amide bonds. The maximum atomic E-state index is 12.0. The first-order chi connectivity index (χ1) is 11.7. The quantitative estimate of drug-likeness (QED) is 0.820. The van der Waals surface area contributed by atoms with Gasteiger partial charge in [0, 0.05) is 24.2 Å². The van der Waals surface area contributed by atoms with E-state index in [1.807, 2.05) is 19.1 Å². The number of aromatic amines is 1. The number of carbonyl (C=O) groups is 1. The monoisotopic (exact) mass is 327 g/mol. The second kappa shape index (κ2) is 7.99. The standard InChI is InChI=1S/C19H25N3O2/c1-14-16(13-21-22-14)12-20-19(23)10-9-15-5-4-8-18(11-15)24-17-6-2-3-7-17/h4-5,8,11,13,17H,2-3,6-7,9-10,12H2,1H3,(H,20,23)(H,21,22). The third-order valence-corrected chi connectivity index (χ3v) is 4.55. The van der Waals surface area contributed by atoms with Crippen LogP contribution in [0, 0.1) is 6.92 Å². The molecule has 1 fully saturated rings. The molecule has 5 nitrogen and oxygen atoms in total. The van der Waals surface area contributed by atoms with Crippen LogP contribution in [0.15, 0.2) is 30.5 Å². The van der Waals surface area contributed by atoms with Gasteiger partial charge in [0.25, 0.3) is 0 Å². The lowest BCUT2D eigenvalue weighted by molar-refractivity contribution is -0.121. The van der Waals surface area contributed by atoms with Crippen LogP contribution < -0.4 is 10.1 Å². The van der Waals surface area contributed by atoms with Crippen LogP contribution in [0.1, 0.15) is 48.9 Å². The van der Waals surface area contributed by atoms with E-state index in [0.717, 1.165) is 41.8 Å². The van der Waals surface area contributed by atoms with Gasteiger partial charge in [-0.3, -0.25) is 9.89 Å². The summed E-state index contributed by atoms with van der Waals surface area (Å²) in [7, 11) is 0. The van der Waals surface area contributed by atoms with E-state index in [0.29, 0.717) is 19.1 Å². The average Bonchev–Trinajstić information content (AvgIpc) is 3.23. The number of carbonyl (C=O) groups excluding carboxylic acids is 1. The zero-order chi connectivity index (χ0) is 16.8. The van der Waals surface area contributed by atoms with Crippen molar-refractivity contribution in [2.75, 3.05) is 0 Å². The van der Waals surface area contributed by atoms with E-state index in [1.165, 1.54) is 12.8 Å². The highest BCUT2D eigenvalue weighted by Crippen LogP contribution is 2.24. The minimum Gasteiger partial charge on any atom is -0.490 e. The first-order valence-corrected chi connectivity index (χ1v) is 8.72. The minimum atomic E-state index is 0.0534. The maximum absolute atomic E-state index is 12.0. The molecule has 1 heterocycles. The molecule has 0 unspecified atom stereocenters. The van der Waals surface area contributed by atoms with E-state index >= 15 is 0 Å². The molecule has 2 aromatic rings. The summed E-state index contributed by atoms with van der Waals surface area (Å²) in [6.45, 7) is 2.47. The van der Waals surface area contributed by atoms with Gasteiger partial charge in [-0.05, 0) is 56.7 Å². The molecule has 128 valence electrons. The van der Waals surface area contributed by atoms with Gasteiger partial charge in [-0.15, -0.1) is 0 Å². The molecular weight excluding hydrogens is 302 g/mol. The number of benzene rings is 1. The Morgan fingerprint density at radius 2 is 2.21 bits per heavy atom. The second-order valence-electron chi connectivity index (χ2n) is 6.47. The van der Waals surface area contributed by atoms with Gasteiger partial charge in [-0.25, -0.2) is 0 Å². The third-order valence-electron chi connectivity index (χ3n) is 4.55. The van der Waals surface area contributed by atoms with E-state index in [9.17, 15) is 4.79 Å². The molecule has 0 radical (unpaired) electrons. The molecule has 24 heavy (non-hydrogen) atoms. The van der Waals surface area contributed by atoms with Crippen LogP contribution >= 0.6 is 0 Å². The zero-order valence-corrected chi connectivity index (χ0v) is 14.2. The van der Waals surface area contributed by atoms with Gasteiger partial charge < -0.3 is 10.1 Å². The molecule has 5 heteroatoms. The van der Waals surface area contributed by atoms with E-state index in [1.54, 1.807) is 6.20 Å². The molecule has 0 bridgehead atoms. The van der Waals surface area contributed by atoms with Gasteiger partial charge in [-0.2, -0.15) is 5.10 Å². The molecule has 1 aromatic carbocycles. The predicted molar refractivity (Wildman–Crippen MR) is 92.8 cm³/mol. The number of amides is 1.